The summed E-state index contributed by atoms with van der Waals surface area (Å²) >= 11 is 0. The average Bonchev–Trinajstić information content (AvgIpc) is 2.64. The van der Waals surface area contributed by atoms with Crippen LogP contribution in [0.15, 0.2) is 60.9 Å². The zero-order chi connectivity index (χ0) is 17.6. The van der Waals surface area contributed by atoms with Crippen LogP contribution in [0.3, 0.4) is 0 Å². The van der Waals surface area contributed by atoms with Gasteiger partial charge in [-0.3, -0.25) is 4.79 Å². The highest BCUT2D eigenvalue weighted by Crippen LogP contribution is 2.16. The van der Waals surface area contributed by atoms with E-state index in [0.29, 0.717) is 17.1 Å². The maximum absolute atomic E-state index is 13.6. The summed E-state index contributed by atoms with van der Waals surface area (Å²) in [5.74, 6) is -0.673. The molecular weight excluding hydrogens is 321 g/mol. The minimum atomic E-state index is -0.560. The number of anilines is 3. The van der Waals surface area contributed by atoms with Crippen LogP contribution in [0.1, 0.15) is 16.1 Å². The first-order chi connectivity index (χ1) is 12.2. The number of carbonyl (C=O) groups is 1. The van der Waals surface area contributed by atoms with E-state index in [1.165, 1.54) is 30.6 Å². The Morgan fingerprint density at radius 3 is 2.64 bits per heavy atom. The number of nitrogens with zero attached hydrogens (tertiary/aromatic N) is 3. The highest BCUT2D eigenvalue weighted by atomic mass is 19.1. The number of benzene rings is 2. The lowest BCUT2D eigenvalue weighted by Crippen LogP contribution is -2.15. The van der Waals surface area contributed by atoms with Gasteiger partial charge in [-0.15, -0.1) is 0 Å². The van der Waals surface area contributed by atoms with E-state index in [-0.39, 0.29) is 11.4 Å². The van der Waals surface area contributed by atoms with Gasteiger partial charge in [0.25, 0.3) is 5.91 Å². The van der Waals surface area contributed by atoms with Crippen LogP contribution in [0, 0.1) is 17.1 Å². The Morgan fingerprint density at radius 2 is 1.92 bits per heavy atom. The van der Waals surface area contributed by atoms with Crippen LogP contribution in [0.4, 0.5) is 21.6 Å². The van der Waals surface area contributed by atoms with E-state index in [2.05, 4.69) is 20.6 Å². The molecule has 7 heteroatoms. The molecular formula is C18H12FN5O. The maximum Gasteiger partial charge on any atom is 0.275 e. The number of hydrogen-bond donors (Lipinski definition) is 2. The normalized spacial score (nSPS) is 9.92. The quantitative estimate of drug-likeness (QED) is 0.763. The number of amides is 1. The van der Waals surface area contributed by atoms with Crippen LogP contribution >= 0.6 is 0 Å². The van der Waals surface area contributed by atoms with Crippen molar-refractivity contribution in [2.45, 2.75) is 0 Å². The van der Waals surface area contributed by atoms with Crippen LogP contribution in [-0.4, -0.2) is 15.9 Å². The Kier molecular flexibility index (Phi) is 4.62. The largest absolute Gasteiger partial charge is 0.339 e. The van der Waals surface area contributed by atoms with Crippen molar-refractivity contribution in [3.05, 3.63) is 78.0 Å². The van der Waals surface area contributed by atoms with Crippen molar-refractivity contribution < 1.29 is 9.18 Å². The molecule has 0 unspecified atom stereocenters. The van der Waals surface area contributed by atoms with Gasteiger partial charge >= 0.3 is 0 Å². The van der Waals surface area contributed by atoms with E-state index in [1.54, 1.807) is 30.3 Å². The third-order valence-corrected chi connectivity index (χ3v) is 3.27. The Balaban J connectivity index is 1.70. The fourth-order valence-electron chi connectivity index (χ4n) is 2.07. The summed E-state index contributed by atoms with van der Waals surface area (Å²) in [4.78, 5) is 20.2. The van der Waals surface area contributed by atoms with Gasteiger partial charge in [0.05, 0.1) is 29.7 Å². The van der Waals surface area contributed by atoms with Gasteiger partial charge in [0, 0.05) is 5.69 Å². The molecule has 0 aliphatic rings. The third-order valence-electron chi connectivity index (χ3n) is 3.27. The zero-order valence-corrected chi connectivity index (χ0v) is 12.9. The van der Waals surface area contributed by atoms with Crippen LogP contribution in [0.2, 0.25) is 0 Å². The maximum atomic E-state index is 13.6. The van der Waals surface area contributed by atoms with Crippen molar-refractivity contribution in [3.8, 4) is 6.07 Å². The SMILES string of the molecule is N#Cc1cccc(Nc2cnc(C(=O)Nc3ccccc3F)cn2)c1. The first-order valence-electron chi connectivity index (χ1n) is 7.31. The Morgan fingerprint density at radius 1 is 1.08 bits per heavy atom. The molecule has 3 rings (SSSR count). The molecule has 0 aliphatic heterocycles. The molecule has 3 aromatic rings. The molecule has 0 radical (unpaired) electrons. The molecule has 0 bridgehead atoms. The predicted molar refractivity (Wildman–Crippen MR) is 90.8 cm³/mol. The first kappa shape index (κ1) is 16.1. The molecule has 1 heterocycles. The van der Waals surface area contributed by atoms with Gasteiger partial charge in [-0.05, 0) is 30.3 Å². The Labute approximate surface area is 143 Å². The lowest BCUT2D eigenvalue weighted by atomic mass is 10.2. The van der Waals surface area contributed by atoms with E-state index in [1.807, 2.05) is 6.07 Å². The fourth-order valence-corrected chi connectivity index (χ4v) is 2.07. The summed E-state index contributed by atoms with van der Waals surface area (Å²) in [7, 11) is 0. The van der Waals surface area contributed by atoms with Crippen LogP contribution in [-0.2, 0) is 0 Å². The highest BCUT2D eigenvalue weighted by molar-refractivity contribution is 6.02. The van der Waals surface area contributed by atoms with Gasteiger partial charge in [0.1, 0.15) is 17.3 Å². The van der Waals surface area contributed by atoms with E-state index in [4.69, 9.17) is 5.26 Å². The molecule has 0 atom stereocenters. The summed E-state index contributed by atoms with van der Waals surface area (Å²) in [5, 5.41) is 14.3. The van der Waals surface area contributed by atoms with Crippen LogP contribution in [0.5, 0.6) is 0 Å². The first-order valence-corrected chi connectivity index (χ1v) is 7.31. The summed E-state index contributed by atoms with van der Waals surface area (Å²) in [5.41, 5.74) is 1.32. The van der Waals surface area contributed by atoms with Crippen molar-refractivity contribution in [1.29, 1.82) is 5.26 Å². The van der Waals surface area contributed by atoms with Crippen molar-refractivity contribution in [1.82, 2.24) is 9.97 Å². The highest BCUT2D eigenvalue weighted by Gasteiger charge is 2.11. The number of nitrogens with one attached hydrogen (secondary N) is 2. The summed E-state index contributed by atoms with van der Waals surface area (Å²) in [6.07, 6.45) is 2.67. The van der Waals surface area contributed by atoms with Gasteiger partial charge in [-0.25, -0.2) is 14.4 Å². The van der Waals surface area contributed by atoms with Crippen LogP contribution in [0.25, 0.3) is 0 Å². The molecule has 0 fully saturated rings. The number of aromatic nitrogens is 2. The Bertz CT molecular complexity index is 950. The number of para-hydroxylation sites is 1. The van der Waals surface area contributed by atoms with E-state index in [9.17, 15) is 9.18 Å². The van der Waals surface area contributed by atoms with Gasteiger partial charge < -0.3 is 10.6 Å². The van der Waals surface area contributed by atoms with Crippen molar-refractivity contribution >= 4 is 23.1 Å². The van der Waals surface area contributed by atoms with Crippen molar-refractivity contribution in [2.24, 2.45) is 0 Å². The average molecular weight is 333 g/mol. The monoisotopic (exact) mass is 333 g/mol. The lowest BCUT2D eigenvalue weighted by Gasteiger charge is -2.07. The molecule has 2 aromatic carbocycles. The summed E-state index contributed by atoms with van der Waals surface area (Å²) in [6.45, 7) is 0. The van der Waals surface area contributed by atoms with E-state index < -0.39 is 11.7 Å². The Hall–Kier alpha value is -3.79. The third kappa shape index (κ3) is 3.95. The van der Waals surface area contributed by atoms with E-state index in [0.717, 1.165) is 0 Å². The number of halogens is 1. The molecule has 25 heavy (non-hydrogen) atoms. The molecule has 0 saturated heterocycles. The molecule has 0 spiro atoms. The lowest BCUT2D eigenvalue weighted by molar-refractivity contribution is 0.102. The summed E-state index contributed by atoms with van der Waals surface area (Å²) < 4.78 is 13.6. The van der Waals surface area contributed by atoms with Crippen molar-refractivity contribution in [3.63, 3.8) is 0 Å². The van der Waals surface area contributed by atoms with Gasteiger partial charge in [0.15, 0.2) is 0 Å². The predicted octanol–water partition coefficient (Wildman–Crippen LogP) is 3.48. The molecule has 0 aliphatic carbocycles. The summed E-state index contributed by atoms with van der Waals surface area (Å²) in [6, 6.07) is 14.8. The second kappa shape index (κ2) is 7.19. The molecule has 1 amide bonds. The second-order valence-corrected chi connectivity index (χ2v) is 5.04. The van der Waals surface area contributed by atoms with Gasteiger partial charge in [-0.1, -0.05) is 18.2 Å². The fraction of sp³-hybridized carbons (Fsp3) is 0. The standard InChI is InChI=1S/C18H12FN5O/c19-14-6-1-2-7-15(14)24-18(25)16-10-22-17(11-21-16)23-13-5-3-4-12(8-13)9-20/h1-8,10-11H,(H,22,23)(H,24,25). The van der Waals surface area contributed by atoms with Gasteiger partial charge in [-0.2, -0.15) is 5.26 Å². The molecule has 1 aromatic heterocycles. The number of nitriles is 1. The van der Waals surface area contributed by atoms with Crippen molar-refractivity contribution in [2.75, 3.05) is 10.6 Å². The molecule has 0 saturated carbocycles. The number of hydrogen-bond acceptors (Lipinski definition) is 5. The second-order valence-electron chi connectivity index (χ2n) is 5.04. The van der Waals surface area contributed by atoms with Gasteiger partial charge in [0.2, 0.25) is 0 Å². The number of rotatable bonds is 4. The minimum Gasteiger partial charge on any atom is -0.339 e. The topological polar surface area (TPSA) is 90.7 Å². The van der Waals surface area contributed by atoms with Crippen LogP contribution < -0.4 is 10.6 Å². The minimum absolute atomic E-state index is 0.0552. The molecule has 6 nitrogen and oxygen atoms in total. The number of carbonyl (C=O) groups excluding carboxylic acids is 1. The van der Waals surface area contributed by atoms with E-state index >= 15 is 0 Å². The molecule has 122 valence electrons. The smallest absolute Gasteiger partial charge is 0.275 e. The zero-order valence-electron chi connectivity index (χ0n) is 12.9. The molecule has 2 N–H and O–H groups in total.